The van der Waals surface area contributed by atoms with E-state index in [1.54, 1.807) is 0 Å². The number of carbonyl (C=O) groups is 2. The van der Waals surface area contributed by atoms with Gasteiger partial charge in [0.15, 0.2) is 5.78 Å². The molecular formula is C6H9O6-. The van der Waals surface area contributed by atoms with Crippen LogP contribution in [-0.4, -0.2) is 45.9 Å². The van der Waals surface area contributed by atoms with Crippen molar-refractivity contribution in [3.05, 3.63) is 0 Å². The number of hydrogen-bond acceptors (Lipinski definition) is 6. The van der Waals surface area contributed by atoms with Crippen molar-refractivity contribution < 1.29 is 30.0 Å². The minimum Gasteiger partial charge on any atom is -0.550 e. The predicted octanol–water partition coefficient (Wildman–Crippen LogP) is -3.59. The van der Waals surface area contributed by atoms with Crippen LogP contribution in [0.5, 0.6) is 0 Å². The number of aliphatic hydroxyl groups is 3. The summed E-state index contributed by atoms with van der Waals surface area (Å²) in [5.41, 5.74) is 0. The zero-order valence-corrected chi connectivity index (χ0v) is 6.14. The molecule has 0 unspecified atom stereocenters. The largest absolute Gasteiger partial charge is 0.550 e. The molecule has 0 fully saturated rings. The average Bonchev–Trinajstić information content (AvgIpc) is 2.00. The summed E-state index contributed by atoms with van der Waals surface area (Å²) in [4.78, 5) is 20.3. The Kier molecular flexibility index (Phi) is 4.42. The number of aliphatic carboxylic acids is 1. The van der Waals surface area contributed by atoms with Crippen LogP contribution in [0, 0.1) is 0 Å². The monoisotopic (exact) mass is 177 g/mol. The number of hydrogen-bond donors (Lipinski definition) is 3. The van der Waals surface area contributed by atoms with Crippen molar-refractivity contribution in [1.29, 1.82) is 0 Å². The molecule has 0 spiro atoms. The standard InChI is InChI=1S/C6H10O6/c7-2-4(9)6(12)3(8)1-5(10)11/h3,6-8,12H,1-2H2,(H,10,11)/p-1/t3-,6+/m1/s1. The first-order chi connectivity index (χ1) is 5.49. The van der Waals surface area contributed by atoms with E-state index in [-0.39, 0.29) is 0 Å². The highest BCUT2D eigenvalue weighted by molar-refractivity contribution is 5.84. The van der Waals surface area contributed by atoms with Crippen molar-refractivity contribution in [3.8, 4) is 0 Å². The first kappa shape index (κ1) is 11.0. The van der Waals surface area contributed by atoms with E-state index in [9.17, 15) is 14.7 Å². The molecule has 12 heavy (non-hydrogen) atoms. The van der Waals surface area contributed by atoms with Crippen LogP contribution in [0.1, 0.15) is 6.42 Å². The normalized spacial score (nSPS) is 15.2. The van der Waals surface area contributed by atoms with Gasteiger partial charge >= 0.3 is 0 Å². The molecule has 0 amide bonds. The molecule has 0 saturated carbocycles. The van der Waals surface area contributed by atoms with Crippen molar-refractivity contribution in [2.75, 3.05) is 6.61 Å². The van der Waals surface area contributed by atoms with Crippen LogP contribution in [0.3, 0.4) is 0 Å². The summed E-state index contributed by atoms with van der Waals surface area (Å²) in [6, 6.07) is 0. The van der Waals surface area contributed by atoms with Crippen molar-refractivity contribution in [2.24, 2.45) is 0 Å². The summed E-state index contributed by atoms with van der Waals surface area (Å²) >= 11 is 0. The predicted molar refractivity (Wildman–Crippen MR) is 33.7 cm³/mol. The van der Waals surface area contributed by atoms with Gasteiger partial charge in [-0.2, -0.15) is 0 Å². The van der Waals surface area contributed by atoms with Crippen LogP contribution in [-0.2, 0) is 9.59 Å². The van der Waals surface area contributed by atoms with E-state index >= 15 is 0 Å². The second-order valence-electron chi connectivity index (χ2n) is 2.21. The first-order valence-electron chi connectivity index (χ1n) is 3.18. The van der Waals surface area contributed by atoms with Crippen LogP contribution in [0.4, 0.5) is 0 Å². The zero-order valence-electron chi connectivity index (χ0n) is 6.14. The van der Waals surface area contributed by atoms with E-state index in [4.69, 9.17) is 15.3 Å². The molecule has 0 aliphatic rings. The molecule has 0 heterocycles. The Labute approximate surface area is 68.1 Å². The maximum atomic E-state index is 10.5. The molecule has 0 bridgehead atoms. The third kappa shape index (κ3) is 3.42. The molecule has 0 aromatic heterocycles. The summed E-state index contributed by atoms with van der Waals surface area (Å²) in [5, 5.41) is 35.6. The maximum absolute atomic E-state index is 10.5. The lowest BCUT2D eigenvalue weighted by Gasteiger charge is -2.15. The molecule has 0 rings (SSSR count). The Morgan fingerprint density at radius 2 is 1.83 bits per heavy atom. The Bertz CT molecular complexity index is 177. The fraction of sp³-hybridized carbons (Fsp3) is 0.667. The number of carbonyl (C=O) groups excluding carboxylic acids is 2. The fourth-order valence-corrected chi connectivity index (χ4v) is 0.590. The molecule has 6 heteroatoms. The number of Topliss-reactive ketones (excluding diaryl/α,β-unsaturated/α-hetero) is 1. The van der Waals surface area contributed by atoms with E-state index in [0.29, 0.717) is 0 Å². The van der Waals surface area contributed by atoms with Gasteiger partial charge in [-0.15, -0.1) is 0 Å². The molecule has 3 N–H and O–H groups in total. The lowest BCUT2D eigenvalue weighted by Crippen LogP contribution is -2.39. The molecule has 0 aromatic rings. The van der Waals surface area contributed by atoms with Gasteiger partial charge in [0, 0.05) is 12.4 Å². The van der Waals surface area contributed by atoms with Gasteiger partial charge in [0.2, 0.25) is 0 Å². The Morgan fingerprint density at radius 1 is 1.33 bits per heavy atom. The molecule has 0 aliphatic carbocycles. The second-order valence-corrected chi connectivity index (χ2v) is 2.21. The highest BCUT2D eigenvalue weighted by Gasteiger charge is 2.22. The van der Waals surface area contributed by atoms with Crippen molar-refractivity contribution in [3.63, 3.8) is 0 Å². The van der Waals surface area contributed by atoms with Crippen molar-refractivity contribution >= 4 is 11.8 Å². The fourth-order valence-electron chi connectivity index (χ4n) is 0.590. The SMILES string of the molecule is O=C([O-])C[C@@H](O)[C@H](O)C(=O)CO. The van der Waals surface area contributed by atoms with Gasteiger partial charge in [-0.3, -0.25) is 4.79 Å². The third-order valence-electron chi connectivity index (χ3n) is 1.23. The van der Waals surface area contributed by atoms with E-state index in [0.717, 1.165) is 0 Å². The van der Waals surface area contributed by atoms with Crippen LogP contribution < -0.4 is 5.11 Å². The topological polar surface area (TPSA) is 118 Å². The van der Waals surface area contributed by atoms with E-state index < -0.39 is 37.0 Å². The van der Waals surface area contributed by atoms with Gasteiger partial charge in [-0.1, -0.05) is 0 Å². The lowest BCUT2D eigenvalue weighted by molar-refractivity contribution is -0.307. The summed E-state index contributed by atoms with van der Waals surface area (Å²) < 4.78 is 0. The molecule has 2 atom stereocenters. The molecule has 0 radical (unpaired) electrons. The quantitative estimate of drug-likeness (QED) is 0.399. The Morgan fingerprint density at radius 3 is 2.17 bits per heavy atom. The highest BCUT2D eigenvalue weighted by Crippen LogP contribution is 1.99. The number of aliphatic hydroxyl groups excluding tert-OH is 3. The molecule has 0 aliphatic heterocycles. The number of carboxylic acids is 1. The number of carboxylic acid groups (broad SMARTS) is 1. The average molecular weight is 177 g/mol. The van der Waals surface area contributed by atoms with E-state index in [1.807, 2.05) is 0 Å². The van der Waals surface area contributed by atoms with Crippen LogP contribution >= 0.6 is 0 Å². The van der Waals surface area contributed by atoms with Gasteiger partial charge in [0.1, 0.15) is 12.7 Å². The summed E-state index contributed by atoms with van der Waals surface area (Å²) in [7, 11) is 0. The molecule has 6 nitrogen and oxygen atoms in total. The van der Waals surface area contributed by atoms with Crippen LogP contribution in [0.15, 0.2) is 0 Å². The summed E-state index contributed by atoms with van der Waals surface area (Å²) in [6.45, 7) is -0.939. The van der Waals surface area contributed by atoms with Gasteiger partial charge in [0.05, 0.1) is 6.10 Å². The lowest BCUT2D eigenvalue weighted by atomic mass is 10.1. The van der Waals surface area contributed by atoms with Gasteiger partial charge in [-0.25, -0.2) is 0 Å². The number of rotatable bonds is 5. The summed E-state index contributed by atoms with van der Waals surface area (Å²) in [6.07, 6.45) is -4.44. The second kappa shape index (κ2) is 4.81. The zero-order chi connectivity index (χ0) is 9.72. The van der Waals surface area contributed by atoms with Gasteiger partial charge in [0.25, 0.3) is 0 Å². The summed E-state index contributed by atoms with van der Waals surface area (Å²) in [5.74, 6) is -2.60. The first-order valence-corrected chi connectivity index (χ1v) is 3.18. The van der Waals surface area contributed by atoms with Crippen LogP contribution in [0.2, 0.25) is 0 Å². The minimum absolute atomic E-state index is 0.840. The Hall–Kier alpha value is -0.980. The van der Waals surface area contributed by atoms with E-state index in [2.05, 4.69) is 0 Å². The molecule has 0 aromatic carbocycles. The van der Waals surface area contributed by atoms with Crippen molar-refractivity contribution in [2.45, 2.75) is 18.6 Å². The third-order valence-corrected chi connectivity index (χ3v) is 1.23. The molecule has 70 valence electrons. The van der Waals surface area contributed by atoms with Gasteiger partial charge < -0.3 is 25.2 Å². The van der Waals surface area contributed by atoms with Crippen LogP contribution in [0.25, 0.3) is 0 Å². The van der Waals surface area contributed by atoms with E-state index in [1.165, 1.54) is 0 Å². The maximum Gasteiger partial charge on any atom is 0.189 e. The molecular weight excluding hydrogens is 168 g/mol. The van der Waals surface area contributed by atoms with Crippen molar-refractivity contribution in [1.82, 2.24) is 0 Å². The van der Waals surface area contributed by atoms with Gasteiger partial charge in [-0.05, 0) is 0 Å². The smallest absolute Gasteiger partial charge is 0.189 e. The number of ketones is 1. The Balaban J connectivity index is 4.00. The molecule has 0 saturated heterocycles. The minimum atomic E-state index is -1.87. The highest BCUT2D eigenvalue weighted by atomic mass is 16.4.